The summed E-state index contributed by atoms with van der Waals surface area (Å²) in [5, 5.41) is 35.7. The number of hydrogen-bond donors (Lipinski definition) is 5. The molecule has 12 heteroatoms. The summed E-state index contributed by atoms with van der Waals surface area (Å²) in [5.41, 5.74) is 5.84. The first-order chi connectivity index (χ1) is 36.6. The second kappa shape index (κ2) is 52.9. The van der Waals surface area contributed by atoms with Gasteiger partial charge in [0.05, 0.1) is 0 Å². The Bertz CT molecular complexity index is 1290. The van der Waals surface area contributed by atoms with Gasteiger partial charge in [0.2, 0.25) is 0 Å². The molecule has 0 heterocycles. The monoisotopic (exact) mass is 1080 g/mol. The smallest absolute Gasteiger partial charge is 0.323 e. The van der Waals surface area contributed by atoms with Gasteiger partial charge in [0.15, 0.2) is 0 Å². The summed E-state index contributed by atoms with van der Waals surface area (Å²) in [6.07, 6.45) is 53.2. The Kier molecular flexibility index (Phi) is 51.0. The number of unbranched alkanes of at least 4 members (excludes halogenated alkanes) is 35. The Balaban J connectivity index is 5.82. The Hall–Kier alpha value is -2.73. The van der Waals surface area contributed by atoms with Crippen molar-refractivity contribution in [1.82, 2.24) is 4.90 Å². The average molecular weight is 1080 g/mol. The topological polar surface area (TPSA) is 205 Å². The van der Waals surface area contributed by atoms with Crippen LogP contribution in [0.25, 0.3) is 0 Å². The van der Waals surface area contributed by atoms with Crippen molar-refractivity contribution in [3.63, 3.8) is 0 Å². The predicted octanol–water partition coefficient (Wildman–Crippen LogP) is 17.6. The standard InChI is InChI=1S/C64H122N2O10/c1-64(2,3)76-63(75)58(65)48-42-43-53-66(54-56(46-36-28-20-12-8-16-24-32-40-51-61(71)72)44-34-26-18-10-4-6-14-22-30-38-49-59(67)68)55-57(47-37-29-21-13-9-17-25-33-41-52-62(73)74)45-35-27-19-11-5-7-15-23-31-39-50-60(69)70/h56-58H,4-55,65H2,1-3H3,(H,67,68)(H,69,70)(H,71,72)(H,73,74). The third-order valence-corrected chi connectivity index (χ3v) is 15.5. The maximum atomic E-state index is 12.8. The second-order valence-corrected chi connectivity index (χ2v) is 24.3. The molecule has 0 aliphatic heterocycles. The first kappa shape index (κ1) is 73.3. The molecule has 12 nitrogen and oxygen atoms in total. The third-order valence-electron chi connectivity index (χ3n) is 15.5. The van der Waals surface area contributed by atoms with E-state index in [4.69, 9.17) is 30.9 Å². The number of carbonyl (C=O) groups excluding carboxylic acids is 1. The number of carboxylic acids is 4. The highest BCUT2D eigenvalue weighted by molar-refractivity contribution is 5.75. The molecule has 0 bridgehead atoms. The second-order valence-electron chi connectivity index (χ2n) is 24.3. The van der Waals surface area contributed by atoms with Crippen LogP contribution in [-0.4, -0.2) is 86.4 Å². The zero-order chi connectivity index (χ0) is 56.2. The van der Waals surface area contributed by atoms with Gasteiger partial charge in [-0.15, -0.1) is 0 Å². The number of rotatable bonds is 60. The summed E-state index contributed by atoms with van der Waals surface area (Å²) >= 11 is 0. The lowest BCUT2D eigenvalue weighted by molar-refractivity contribution is -0.156. The number of hydrogen-bond acceptors (Lipinski definition) is 8. The van der Waals surface area contributed by atoms with E-state index in [0.29, 0.717) is 18.3 Å². The van der Waals surface area contributed by atoms with Gasteiger partial charge >= 0.3 is 29.8 Å². The molecule has 0 radical (unpaired) electrons. The van der Waals surface area contributed by atoms with E-state index in [1.165, 1.54) is 193 Å². The fraction of sp³-hybridized carbons (Fsp3) is 0.922. The summed E-state index contributed by atoms with van der Waals surface area (Å²) in [4.78, 5) is 59.0. The minimum atomic E-state index is -0.691. The average Bonchev–Trinajstić information content (AvgIpc) is 3.35. The summed E-state index contributed by atoms with van der Waals surface area (Å²) in [6.45, 7) is 8.97. The van der Waals surface area contributed by atoms with Gasteiger partial charge in [-0.3, -0.25) is 24.0 Å². The molecule has 0 aromatic heterocycles. The van der Waals surface area contributed by atoms with Crippen LogP contribution in [0.4, 0.5) is 0 Å². The molecule has 0 saturated heterocycles. The SMILES string of the molecule is CC(C)(C)OC(=O)C(N)CCCCN(CC(CCCCCCCCCCCCC(=O)O)CCCCCCCCCCCC(=O)O)CC(CCCCCCCCCCCCC(=O)O)CCCCCCCCCCCC(=O)O. The Labute approximate surface area is 466 Å². The van der Waals surface area contributed by atoms with Gasteiger partial charge in [0.25, 0.3) is 0 Å². The van der Waals surface area contributed by atoms with Crippen LogP contribution in [0.3, 0.4) is 0 Å². The molecule has 0 aliphatic rings. The molecule has 448 valence electrons. The fourth-order valence-electron chi connectivity index (χ4n) is 11.0. The molecule has 6 N–H and O–H groups in total. The van der Waals surface area contributed by atoms with Crippen LogP contribution in [0, 0.1) is 11.8 Å². The van der Waals surface area contributed by atoms with E-state index in [-0.39, 0.29) is 31.7 Å². The molecule has 0 spiro atoms. The quantitative estimate of drug-likeness (QED) is 0.0285. The summed E-state index contributed by atoms with van der Waals surface area (Å²) < 4.78 is 5.63. The highest BCUT2D eigenvalue weighted by Gasteiger charge is 2.23. The number of esters is 1. The maximum absolute atomic E-state index is 12.8. The van der Waals surface area contributed by atoms with Crippen LogP contribution in [0.5, 0.6) is 0 Å². The van der Waals surface area contributed by atoms with Crippen molar-refractivity contribution in [2.45, 2.75) is 347 Å². The van der Waals surface area contributed by atoms with Crippen molar-refractivity contribution < 1.29 is 49.1 Å². The minimum Gasteiger partial charge on any atom is -0.481 e. The molecular weight excluding hydrogens is 957 g/mol. The lowest BCUT2D eigenvalue weighted by Crippen LogP contribution is -2.38. The van der Waals surface area contributed by atoms with E-state index in [0.717, 1.165) is 110 Å². The molecule has 0 aromatic rings. The molecule has 3 atom stereocenters. The number of carbonyl (C=O) groups is 5. The van der Waals surface area contributed by atoms with E-state index in [1.54, 1.807) is 0 Å². The van der Waals surface area contributed by atoms with Crippen LogP contribution in [0.2, 0.25) is 0 Å². The number of nitrogens with two attached hydrogens (primary N) is 1. The van der Waals surface area contributed by atoms with Gasteiger partial charge in [0.1, 0.15) is 11.6 Å². The molecule has 0 fully saturated rings. The predicted molar refractivity (Wildman–Crippen MR) is 314 cm³/mol. The number of nitrogens with zero attached hydrogens (tertiary/aromatic N) is 1. The number of ether oxygens (including phenoxy) is 1. The molecule has 0 amide bonds. The van der Waals surface area contributed by atoms with Gasteiger partial charge in [-0.25, -0.2) is 0 Å². The zero-order valence-electron chi connectivity index (χ0n) is 49.8. The molecule has 3 unspecified atom stereocenters. The van der Waals surface area contributed by atoms with Crippen LogP contribution in [0.15, 0.2) is 0 Å². The van der Waals surface area contributed by atoms with Crippen molar-refractivity contribution in [2.75, 3.05) is 19.6 Å². The first-order valence-electron chi connectivity index (χ1n) is 32.2. The van der Waals surface area contributed by atoms with Gasteiger partial charge in [0, 0.05) is 38.8 Å². The van der Waals surface area contributed by atoms with Gasteiger partial charge in [-0.1, -0.05) is 225 Å². The largest absolute Gasteiger partial charge is 0.481 e. The van der Waals surface area contributed by atoms with Crippen LogP contribution in [0.1, 0.15) is 335 Å². The highest BCUT2D eigenvalue weighted by atomic mass is 16.6. The van der Waals surface area contributed by atoms with Crippen LogP contribution >= 0.6 is 0 Å². The molecule has 0 aromatic carbocycles. The lowest BCUT2D eigenvalue weighted by atomic mass is 9.91. The van der Waals surface area contributed by atoms with Crippen molar-refractivity contribution >= 4 is 29.8 Å². The van der Waals surface area contributed by atoms with Crippen LogP contribution in [-0.2, 0) is 28.7 Å². The Morgan fingerprint density at radius 2 is 0.553 bits per heavy atom. The summed E-state index contributed by atoms with van der Waals surface area (Å²) in [7, 11) is 0. The molecule has 0 rings (SSSR count). The zero-order valence-corrected chi connectivity index (χ0v) is 49.8. The third kappa shape index (κ3) is 56.0. The minimum absolute atomic E-state index is 0.282. The highest BCUT2D eigenvalue weighted by Crippen LogP contribution is 2.26. The van der Waals surface area contributed by atoms with E-state index < -0.39 is 35.5 Å². The first-order valence-corrected chi connectivity index (χ1v) is 32.2. The lowest BCUT2D eigenvalue weighted by Gasteiger charge is -2.32. The van der Waals surface area contributed by atoms with E-state index in [9.17, 15) is 24.0 Å². The number of carboxylic acid groups (broad SMARTS) is 4. The van der Waals surface area contributed by atoms with E-state index in [1.807, 2.05) is 20.8 Å². The maximum Gasteiger partial charge on any atom is 0.323 e. The molecule has 0 saturated carbocycles. The molecule has 0 aliphatic carbocycles. The van der Waals surface area contributed by atoms with E-state index >= 15 is 0 Å². The Morgan fingerprint density at radius 3 is 0.776 bits per heavy atom. The van der Waals surface area contributed by atoms with E-state index in [2.05, 4.69) is 4.90 Å². The van der Waals surface area contributed by atoms with Gasteiger partial charge in [-0.2, -0.15) is 0 Å². The molecule has 76 heavy (non-hydrogen) atoms. The van der Waals surface area contributed by atoms with Crippen LogP contribution < -0.4 is 5.73 Å². The van der Waals surface area contributed by atoms with Gasteiger partial charge < -0.3 is 35.8 Å². The van der Waals surface area contributed by atoms with Crippen molar-refractivity contribution in [2.24, 2.45) is 17.6 Å². The normalized spacial score (nSPS) is 13.0. The van der Waals surface area contributed by atoms with Gasteiger partial charge in [-0.05, 0) is 103 Å². The van der Waals surface area contributed by atoms with Crippen molar-refractivity contribution in [3.05, 3.63) is 0 Å². The summed E-state index contributed by atoms with van der Waals surface area (Å²) in [6, 6.07) is -0.602. The van der Waals surface area contributed by atoms with Crippen molar-refractivity contribution in [1.29, 1.82) is 0 Å². The van der Waals surface area contributed by atoms with Crippen molar-refractivity contribution in [3.8, 4) is 0 Å². The Morgan fingerprint density at radius 1 is 0.342 bits per heavy atom. The number of aliphatic carboxylic acids is 4. The fourth-order valence-corrected chi connectivity index (χ4v) is 11.0. The summed E-state index contributed by atoms with van der Waals surface area (Å²) in [5.74, 6) is -1.75. The molecular formula is C64H122N2O10.